The van der Waals surface area contributed by atoms with Crippen LogP contribution in [0.1, 0.15) is 36.0 Å². The highest BCUT2D eigenvalue weighted by Crippen LogP contribution is 2.32. The average molecular weight is 557 g/mol. The largest absolute Gasteiger partial charge is 0.339 e. The molecule has 194 valence electrons. The van der Waals surface area contributed by atoms with Crippen LogP contribution in [0.25, 0.3) is 20.7 Å². The smallest absolute Gasteiger partial charge is 0.253 e. The second-order valence-electron chi connectivity index (χ2n) is 9.38. The van der Waals surface area contributed by atoms with Crippen molar-refractivity contribution in [1.82, 2.24) is 19.8 Å². The Labute approximate surface area is 233 Å². The fourth-order valence-electron chi connectivity index (χ4n) is 5.21. The van der Waals surface area contributed by atoms with E-state index in [1.165, 1.54) is 36.0 Å². The van der Waals surface area contributed by atoms with Crippen LogP contribution >= 0.6 is 36.2 Å². The Morgan fingerprint density at radius 3 is 2.38 bits per heavy atom. The normalized spacial score (nSPS) is 16.3. The Bertz CT molecular complexity index is 1300. The molecule has 0 radical (unpaired) electrons. The van der Waals surface area contributed by atoms with Gasteiger partial charge in [0.15, 0.2) is 0 Å². The number of carbonyl (C=O) groups is 1. The third-order valence-electron chi connectivity index (χ3n) is 7.13. The predicted molar refractivity (Wildman–Crippen MR) is 157 cm³/mol. The molecule has 0 saturated carbocycles. The molecule has 0 atom stereocenters. The van der Waals surface area contributed by atoms with E-state index in [4.69, 9.17) is 4.98 Å². The molecule has 6 rings (SSSR count). The van der Waals surface area contributed by atoms with Crippen LogP contribution in [-0.2, 0) is 0 Å². The van der Waals surface area contributed by atoms with Gasteiger partial charge in [-0.25, -0.2) is 9.97 Å². The third-order valence-corrected chi connectivity index (χ3v) is 8.27. The zero-order valence-corrected chi connectivity index (χ0v) is 23.0. The van der Waals surface area contributed by atoms with Crippen molar-refractivity contribution in [3.8, 4) is 10.6 Å². The van der Waals surface area contributed by atoms with Gasteiger partial charge >= 0.3 is 0 Å². The quantitative estimate of drug-likeness (QED) is 0.299. The van der Waals surface area contributed by atoms with Crippen LogP contribution in [0.2, 0.25) is 0 Å². The summed E-state index contributed by atoms with van der Waals surface area (Å²) in [6, 6.07) is 20.8. The van der Waals surface area contributed by atoms with Gasteiger partial charge in [-0.1, -0.05) is 18.2 Å². The van der Waals surface area contributed by atoms with E-state index in [0.29, 0.717) is 12.0 Å². The van der Waals surface area contributed by atoms with Crippen LogP contribution in [0.15, 0.2) is 66.9 Å². The molecule has 2 aliphatic rings. The molecule has 1 amide bonds. The number of hydrogen-bond donors (Lipinski definition) is 1. The Morgan fingerprint density at radius 1 is 0.919 bits per heavy atom. The molecule has 2 aromatic heterocycles. The van der Waals surface area contributed by atoms with Crippen LogP contribution in [-0.4, -0.2) is 57.9 Å². The van der Waals surface area contributed by atoms with E-state index in [0.717, 1.165) is 47.8 Å². The minimum absolute atomic E-state index is 0. The van der Waals surface area contributed by atoms with Crippen molar-refractivity contribution in [2.24, 2.45) is 0 Å². The molecule has 2 fully saturated rings. The Hall–Kier alpha value is -2.71. The summed E-state index contributed by atoms with van der Waals surface area (Å²) in [5.74, 6) is 0.669. The highest BCUT2D eigenvalue weighted by atomic mass is 35.5. The maximum atomic E-state index is 13.0. The lowest BCUT2D eigenvalue weighted by atomic mass is 10.0. The maximum absolute atomic E-state index is 13.0. The van der Waals surface area contributed by atoms with E-state index in [1.54, 1.807) is 17.5 Å². The number of aromatic nitrogens is 2. The summed E-state index contributed by atoms with van der Waals surface area (Å²) in [6.07, 6.45) is 6.58. The first kappa shape index (κ1) is 27.3. The number of nitrogens with one attached hydrogen (secondary N) is 1. The second-order valence-corrected chi connectivity index (χ2v) is 10.5. The van der Waals surface area contributed by atoms with E-state index in [9.17, 15) is 4.79 Å². The summed E-state index contributed by atoms with van der Waals surface area (Å²) in [5.41, 5.74) is 2.49. The van der Waals surface area contributed by atoms with Gasteiger partial charge in [0.2, 0.25) is 5.95 Å². The van der Waals surface area contributed by atoms with Gasteiger partial charge in [0.05, 0.1) is 10.6 Å². The first-order valence-corrected chi connectivity index (χ1v) is 13.3. The molecule has 1 N–H and O–H groups in total. The van der Waals surface area contributed by atoms with Crippen molar-refractivity contribution in [2.75, 3.05) is 31.5 Å². The number of amides is 1. The molecule has 2 aliphatic heterocycles. The Kier molecular flexibility index (Phi) is 9.03. The number of hydrogen-bond acceptors (Lipinski definition) is 6. The molecule has 4 heterocycles. The molecule has 0 bridgehead atoms. The summed E-state index contributed by atoms with van der Waals surface area (Å²) < 4.78 is 1.25. The van der Waals surface area contributed by atoms with Crippen molar-refractivity contribution in [2.45, 2.75) is 31.7 Å². The number of thiophene rings is 1. The zero-order chi connectivity index (χ0) is 23.6. The van der Waals surface area contributed by atoms with Crippen molar-refractivity contribution in [3.05, 3.63) is 72.4 Å². The maximum Gasteiger partial charge on any atom is 0.253 e. The van der Waals surface area contributed by atoms with E-state index in [1.807, 2.05) is 35.2 Å². The van der Waals surface area contributed by atoms with Gasteiger partial charge in [0.25, 0.3) is 5.91 Å². The molecular weight excluding hydrogens is 525 g/mol. The molecule has 0 spiro atoms. The highest BCUT2D eigenvalue weighted by Gasteiger charge is 2.28. The van der Waals surface area contributed by atoms with Gasteiger partial charge in [0.1, 0.15) is 0 Å². The minimum atomic E-state index is 0. The van der Waals surface area contributed by atoms with Gasteiger partial charge in [-0.3, -0.25) is 4.79 Å². The van der Waals surface area contributed by atoms with Gasteiger partial charge in [-0.15, -0.1) is 36.2 Å². The fourth-order valence-corrected chi connectivity index (χ4v) is 6.25. The lowest BCUT2D eigenvalue weighted by Gasteiger charge is -2.36. The number of rotatable bonds is 5. The van der Waals surface area contributed by atoms with E-state index in [-0.39, 0.29) is 30.7 Å². The standard InChI is InChI=1S/C28H29N5OS.2ClH/c34-27(33-17-12-23(13-18-33)32-15-3-4-16-32)20-7-9-22(10-8-20)30-28-29-14-11-24(31-28)26-19-21-5-1-2-6-25(21)35-26;;/h1-2,5-11,14,19,23H,3-4,12-13,15-18H2,(H,29,30,31);2*1H. The monoisotopic (exact) mass is 555 g/mol. The third kappa shape index (κ3) is 6.07. The minimum Gasteiger partial charge on any atom is -0.339 e. The van der Waals surface area contributed by atoms with Gasteiger partial charge in [0, 0.05) is 41.3 Å². The lowest BCUT2D eigenvalue weighted by molar-refractivity contribution is 0.0644. The second kappa shape index (κ2) is 12.2. The van der Waals surface area contributed by atoms with Crippen LogP contribution in [0.3, 0.4) is 0 Å². The number of benzene rings is 2. The predicted octanol–water partition coefficient (Wildman–Crippen LogP) is 6.65. The fraction of sp³-hybridized carbons (Fsp3) is 0.321. The summed E-state index contributed by atoms with van der Waals surface area (Å²) in [4.78, 5) is 27.9. The van der Waals surface area contributed by atoms with Crippen molar-refractivity contribution < 1.29 is 4.79 Å². The topological polar surface area (TPSA) is 61.4 Å². The van der Waals surface area contributed by atoms with Crippen molar-refractivity contribution in [3.63, 3.8) is 0 Å². The van der Waals surface area contributed by atoms with Crippen LogP contribution < -0.4 is 5.32 Å². The van der Waals surface area contributed by atoms with E-state index in [2.05, 4.69) is 45.5 Å². The van der Waals surface area contributed by atoms with Crippen molar-refractivity contribution in [1.29, 1.82) is 0 Å². The molecule has 6 nitrogen and oxygen atoms in total. The lowest BCUT2D eigenvalue weighted by Crippen LogP contribution is -2.45. The van der Waals surface area contributed by atoms with E-state index < -0.39 is 0 Å². The molecule has 4 aromatic rings. The van der Waals surface area contributed by atoms with Crippen molar-refractivity contribution >= 4 is 63.8 Å². The number of nitrogens with zero attached hydrogens (tertiary/aromatic N) is 4. The summed E-state index contributed by atoms with van der Waals surface area (Å²) >= 11 is 1.73. The van der Waals surface area contributed by atoms with Gasteiger partial charge in [-0.05, 0) is 86.6 Å². The number of fused-ring (bicyclic) bond motifs is 1. The molecular formula is C28H31Cl2N5OS. The van der Waals surface area contributed by atoms with Gasteiger partial charge in [-0.2, -0.15) is 0 Å². The van der Waals surface area contributed by atoms with Crippen LogP contribution in [0, 0.1) is 0 Å². The molecule has 9 heteroatoms. The SMILES string of the molecule is Cl.Cl.O=C(c1ccc(Nc2nccc(-c3cc4ccccc4s3)n2)cc1)N1CCC(N2CCCC2)CC1. The van der Waals surface area contributed by atoms with Crippen LogP contribution in [0.4, 0.5) is 11.6 Å². The van der Waals surface area contributed by atoms with Crippen LogP contribution in [0.5, 0.6) is 0 Å². The molecule has 37 heavy (non-hydrogen) atoms. The molecule has 0 unspecified atom stereocenters. The number of anilines is 2. The molecule has 0 aliphatic carbocycles. The highest BCUT2D eigenvalue weighted by molar-refractivity contribution is 7.22. The summed E-state index contributed by atoms with van der Waals surface area (Å²) in [7, 11) is 0. The average Bonchev–Trinajstić information content (AvgIpc) is 3.60. The number of halogens is 2. The first-order valence-electron chi connectivity index (χ1n) is 12.5. The molecule has 2 aromatic carbocycles. The van der Waals surface area contributed by atoms with E-state index >= 15 is 0 Å². The molecule has 2 saturated heterocycles. The number of piperidine rings is 1. The van der Waals surface area contributed by atoms with Gasteiger partial charge < -0.3 is 15.1 Å². The number of carbonyl (C=O) groups excluding carboxylic acids is 1. The zero-order valence-electron chi connectivity index (χ0n) is 20.5. The Morgan fingerprint density at radius 2 is 1.65 bits per heavy atom. The summed E-state index contributed by atoms with van der Waals surface area (Å²) in [5, 5.41) is 4.51. The Balaban J connectivity index is 0.00000160. The number of likely N-dealkylation sites (tertiary alicyclic amines) is 2. The first-order chi connectivity index (χ1) is 17.2. The summed E-state index contributed by atoms with van der Waals surface area (Å²) in [6.45, 7) is 4.14.